The van der Waals surface area contributed by atoms with Crippen LogP contribution in [0.2, 0.25) is 0 Å². The molecular weight excluding hydrogens is 239 g/mol. The standard InChI is InChI=1S/C12H15FN2O3/c1-3-18-12(17)14-8(2)11(16)15-10-7-5-4-6-9(10)13/h4-8H,3H2,1-2H3,(H,14,17)(H,15,16). The zero-order valence-corrected chi connectivity index (χ0v) is 10.2. The first kappa shape index (κ1) is 14.0. The Kier molecular flexibility index (Phi) is 5.10. The molecule has 0 saturated heterocycles. The fourth-order valence-corrected chi connectivity index (χ4v) is 1.22. The highest BCUT2D eigenvalue weighted by Crippen LogP contribution is 2.12. The Hall–Kier alpha value is -2.11. The Morgan fingerprint density at radius 1 is 1.39 bits per heavy atom. The molecule has 1 atom stereocenters. The van der Waals surface area contributed by atoms with E-state index in [9.17, 15) is 14.0 Å². The van der Waals surface area contributed by atoms with Gasteiger partial charge in [0.25, 0.3) is 0 Å². The summed E-state index contributed by atoms with van der Waals surface area (Å²) < 4.78 is 17.9. The smallest absolute Gasteiger partial charge is 0.407 e. The summed E-state index contributed by atoms with van der Waals surface area (Å²) in [5, 5.41) is 4.70. The molecule has 1 aromatic carbocycles. The number of para-hydroxylation sites is 1. The molecule has 0 spiro atoms. The molecule has 1 aromatic rings. The number of alkyl carbamates (subject to hydrolysis) is 1. The second-order valence-electron chi connectivity index (χ2n) is 3.56. The maximum absolute atomic E-state index is 13.3. The molecule has 0 bridgehead atoms. The zero-order valence-electron chi connectivity index (χ0n) is 10.2. The van der Waals surface area contributed by atoms with Gasteiger partial charge >= 0.3 is 6.09 Å². The predicted octanol–water partition coefficient (Wildman–Crippen LogP) is 1.90. The molecule has 5 nitrogen and oxygen atoms in total. The molecule has 18 heavy (non-hydrogen) atoms. The minimum Gasteiger partial charge on any atom is -0.450 e. The van der Waals surface area contributed by atoms with Gasteiger partial charge in [0.1, 0.15) is 11.9 Å². The van der Waals surface area contributed by atoms with Crippen LogP contribution in [0.1, 0.15) is 13.8 Å². The number of carbonyl (C=O) groups excluding carboxylic acids is 2. The van der Waals surface area contributed by atoms with Crippen LogP contribution in [0.15, 0.2) is 24.3 Å². The maximum atomic E-state index is 13.3. The van der Waals surface area contributed by atoms with E-state index in [1.807, 2.05) is 0 Å². The summed E-state index contributed by atoms with van der Waals surface area (Å²) >= 11 is 0. The fourth-order valence-electron chi connectivity index (χ4n) is 1.22. The molecule has 0 saturated carbocycles. The van der Waals surface area contributed by atoms with E-state index >= 15 is 0 Å². The minimum atomic E-state index is -0.816. The molecule has 98 valence electrons. The maximum Gasteiger partial charge on any atom is 0.407 e. The SMILES string of the molecule is CCOC(=O)NC(C)C(=O)Nc1ccccc1F. The molecule has 0 aliphatic rings. The molecule has 0 aromatic heterocycles. The van der Waals surface area contributed by atoms with Gasteiger partial charge in [0.05, 0.1) is 12.3 Å². The number of halogens is 1. The topological polar surface area (TPSA) is 67.4 Å². The average Bonchev–Trinajstić information content (AvgIpc) is 2.32. The van der Waals surface area contributed by atoms with Gasteiger partial charge in [-0.1, -0.05) is 12.1 Å². The van der Waals surface area contributed by atoms with Crippen LogP contribution in [0.3, 0.4) is 0 Å². The first-order valence-electron chi connectivity index (χ1n) is 5.53. The second-order valence-corrected chi connectivity index (χ2v) is 3.56. The molecule has 0 radical (unpaired) electrons. The summed E-state index contributed by atoms with van der Waals surface area (Å²) in [7, 11) is 0. The van der Waals surface area contributed by atoms with Gasteiger partial charge in [-0.15, -0.1) is 0 Å². The van der Waals surface area contributed by atoms with Crippen molar-refractivity contribution in [1.29, 1.82) is 0 Å². The Morgan fingerprint density at radius 2 is 2.06 bits per heavy atom. The van der Waals surface area contributed by atoms with E-state index in [4.69, 9.17) is 0 Å². The van der Waals surface area contributed by atoms with Crippen molar-refractivity contribution in [2.45, 2.75) is 19.9 Å². The molecule has 0 aliphatic heterocycles. The van der Waals surface area contributed by atoms with Crippen LogP contribution in [0, 0.1) is 5.82 Å². The average molecular weight is 254 g/mol. The van der Waals surface area contributed by atoms with Crippen LogP contribution in [-0.4, -0.2) is 24.6 Å². The number of ether oxygens (including phenoxy) is 1. The number of amides is 2. The Morgan fingerprint density at radius 3 is 2.67 bits per heavy atom. The summed E-state index contributed by atoms with van der Waals surface area (Å²) in [5.41, 5.74) is 0.0695. The van der Waals surface area contributed by atoms with Crippen molar-refractivity contribution < 1.29 is 18.7 Å². The second kappa shape index (κ2) is 6.58. The van der Waals surface area contributed by atoms with Crippen molar-refractivity contribution >= 4 is 17.7 Å². The highest BCUT2D eigenvalue weighted by atomic mass is 19.1. The van der Waals surface area contributed by atoms with Crippen LogP contribution >= 0.6 is 0 Å². The highest BCUT2D eigenvalue weighted by molar-refractivity contribution is 5.96. The number of nitrogens with one attached hydrogen (secondary N) is 2. The summed E-state index contributed by atoms with van der Waals surface area (Å²) in [6.07, 6.45) is -0.686. The molecular formula is C12H15FN2O3. The summed E-state index contributed by atoms with van der Waals surface area (Å²) in [4.78, 5) is 22.7. The van der Waals surface area contributed by atoms with Crippen LogP contribution < -0.4 is 10.6 Å². The van der Waals surface area contributed by atoms with Gasteiger partial charge in [-0.2, -0.15) is 0 Å². The Labute approximate surface area is 104 Å². The van der Waals surface area contributed by atoms with Crippen molar-refractivity contribution in [1.82, 2.24) is 5.32 Å². The van der Waals surface area contributed by atoms with Gasteiger partial charge in [0, 0.05) is 0 Å². The fraction of sp³-hybridized carbons (Fsp3) is 0.333. The van der Waals surface area contributed by atoms with Crippen molar-refractivity contribution in [2.75, 3.05) is 11.9 Å². The van der Waals surface area contributed by atoms with Crippen LogP contribution in [0.25, 0.3) is 0 Å². The molecule has 0 heterocycles. The van der Waals surface area contributed by atoms with E-state index in [0.29, 0.717) is 0 Å². The summed E-state index contributed by atoms with van der Waals surface area (Å²) in [5.74, 6) is -1.05. The first-order chi connectivity index (χ1) is 8.54. The lowest BCUT2D eigenvalue weighted by atomic mass is 10.2. The normalized spacial score (nSPS) is 11.5. The lowest BCUT2D eigenvalue weighted by molar-refractivity contribution is -0.117. The third-order valence-corrected chi connectivity index (χ3v) is 2.13. The molecule has 1 rings (SSSR count). The van der Waals surface area contributed by atoms with Crippen LogP contribution in [0.5, 0.6) is 0 Å². The van der Waals surface area contributed by atoms with Gasteiger partial charge in [-0.05, 0) is 26.0 Å². The minimum absolute atomic E-state index is 0.0695. The van der Waals surface area contributed by atoms with Gasteiger partial charge < -0.3 is 15.4 Å². The van der Waals surface area contributed by atoms with E-state index in [-0.39, 0.29) is 12.3 Å². The number of carbonyl (C=O) groups is 2. The summed E-state index contributed by atoms with van der Waals surface area (Å²) in [6.45, 7) is 3.35. The van der Waals surface area contributed by atoms with E-state index in [1.165, 1.54) is 25.1 Å². The molecule has 0 aliphatic carbocycles. The van der Waals surface area contributed by atoms with Gasteiger partial charge in [0.15, 0.2) is 0 Å². The van der Waals surface area contributed by atoms with E-state index in [2.05, 4.69) is 15.4 Å². The lowest BCUT2D eigenvalue weighted by Crippen LogP contribution is -2.41. The number of anilines is 1. The Balaban J connectivity index is 2.55. The third-order valence-electron chi connectivity index (χ3n) is 2.13. The number of hydrogen-bond acceptors (Lipinski definition) is 3. The van der Waals surface area contributed by atoms with Crippen LogP contribution in [0.4, 0.5) is 14.9 Å². The van der Waals surface area contributed by atoms with E-state index < -0.39 is 23.9 Å². The molecule has 6 heteroatoms. The largest absolute Gasteiger partial charge is 0.450 e. The monoisotopic (exact) mass is 254 g/mol. The number of benzene rings is 1. The number of rotatable bonds is 4. The molecule has 2 amide bonds. The molecule has 2 N–H and O–H groups in total. The van der Waals surface area contributed by atoms with Gasteiger partial charge in [0.2, 0.25) is 5.91 Å². The predicted molar refractivity (Wildman–Crippen MR) is 64.6 cm³/mol. The Bertz CT molecular complexity index is 437. The van der Waals surface area contributed by atoms with Crippen molar-refractivity contribution in [3.8, 4) is 0 Å². The first-order valence-corrected chi connectivity index (χ1v) is 5.53. The van der Waals surface area contributed by atoms with E-state index in [0.717, 1.165) is 0 Å². The molecule has 0 fully saturated rings. The van der Waals surface area contributed by atoms with E-state index in [1.54, 1.807) is 13.0 Å². The van der Waals surface area contributed by atoms with Gasteiger partial charge in [-0.25, -0.2) is 9.18 Å². The third kappa shape index (κ3) is 4.04. The zero-order chi connectivity index (χ0) is 13.5. The number of hydrogen-bond donors (Lipinski definition) is 2. The quantitative estimate of drug-likeness (QED) is 0.862. The van der Waals surface area contributed by atoms with Crippen molar-refractivity contribution in [3.63, 3.8) is 0 Å². The van der Waals surface area contributed by atoms with Crippen molar-refractivity contribution in [3.05, 3.63) is 30.1 Å². The molecule has 1 unspecified atom stereocenters. The van der Waals surface area contributed by atoms with Crippen LogP contribution in [-0.2, 0) is 9.53 Å². The lowest BCUT2D eigenvalue weighted by Gasteiger charge is -2.14. The highest BCUT2D eigenvalue weighted by Gasteiger charge is 2.17. The van der Waals surface area contributed by atoms with Crippen molar-refractivity contribution in [2.24, 2.45) is 0 Å². The summed E-state index contributed by atoms with van der Waals surface area (Å²) in [6, 6.07) is 4.97. The van der Waals surface area contributed by atoms with Gasteiger partial charge in [-0.3, -0.25) is 4.79 Å².